The Balaban J connectivity index is 1.38. The Morgan fingerprint density at radius 1 is 0.942 bits per heavy atom. The van der Waals surface area contributed by atoms with Crippen LogP contribution in [0.4, 0.5) is 14.9 Å². The van der Waals surface area contributed by atoms with Crippen LogP contribution in [0.3, 0.4) is 0 Å². The molecule has 1 N–H and O–H groups in total. The first-order valence-electron chi connectivity index (χ1n) is 24.2. The summed E-state index contributed by atoms with van der Waals surface area (Å²) in [4.78, 5) is 52.5. The van der Waals surface area contributed by atoms with Crippen molar-refractivity contribution in [2.45, 2.75) is 135 Å². The molecule has 1 fully saturated rings. The molecule has 1 aliphatic heterocycles. The average Bonchev–Trinajstić information content (AvgIpc) is 3.64. The molecule has 8 rings (SSSR count). The molecule has 5 aliphatic rings. The van der Waals surface area contributed by atoms with Crippen LogP contribution in [-0.4, -0.2) is 90.9 Å². The van der Waals surface area contributed by atoms with Crippen molar-refractivity contribution in [2.75, 3.05) is 32.1 Å². The molecule has 11 nitrogen and oxygen atoms in total. The predicted octanol–water partition coefficient (Wildman–Crippen LogP) is 11.0. The molecule has 0 radical (unpaired) electrons. The van der Waals surface area contributed by atoms with Gasteiger partial charge < -0.3 is 28.6 Å². The third kappa shape index (κ3) is 8.82. The van der Waals surface area contributed by atoms with Gasteiger partial charge in [0.1, 0.15) is 36.2 Å². The van der Waals surface area contributed by atoms with E-state index in [1.54, 1.807) is 26.8 Å². The first-order chi connectivity index (χ1) is 32.3. The van der Waals surface area contributed by atoms with Gasteiger partial charge in [-0.05, 0) is 115 Å². The standard InChI is InChI=1S/C56H70FN3O8Si/c1-14-27-59-30-39-45(57)38-28-36-29-40-46(58(10)11)37-25-26-41(65-31-34-21-17-15-18-22-34)43(37)51(63)56(40,68-69(12,13)54(5,6)7)50(62)42(36)48(61)44(38)49(66-32-35-23-19-16-20-24-35)47(39)60(33-55(59,8)9)52(64)67-53(2,3)4/h14-24,26,36,40,46,61H,1,25,27-33H2,2-13H3/t36-,40-,46+,56-/m0/s1. The number of benzene rings is 3. The van der Waals surface area contributed by atoms with Crippen LogP contribution in [-0.2, 0) is 49.7 Å². The highest BCUT2D eigenvalue weighted by Crippen LogP contribution is 2.59. The lowest BCUT2D eigenvalue weighted by atomic mass is 9.56. The van der Waals surface area contributed by atoms with Gasteiger partial charge >= 0.3 is 6.09 Å². The van der Waals surface area contributed by atoms with Crippen LogP contribution in [0.1, 0.15) is 96.0 Å². The summed E-state index contributed by atoms with van der Waals surface area (Å²) in [5, 5.41) is 12.7. The van der Waals surface area contributed by atoms with E-state index in [0.29, 0.717) is 24.3 Å². The van der Waals surface area contributed by atoms with Crippen LogP contribution in [0.2, 0.25) is 18.1 Å². The normalized spacial score (nSPS) is 23.7. The summed E-state index contributed by atoms with van der Waals surface area (Å²) >= 11 is 0. The van der Waals surface area contributed by atoms with Crippen molar-refractivity contribution in [1.29, 1.82) is 0 Å². The molecule has 4 atom stereocenters. The number of nitrogens with zero attached hydrogens (tertiary/aromatic N) is 3. The number of hydrogen-bond donors (Lipinski definition) is 1. The van der Waals surface area contributed by atoms with E-state index in [0.717, 1.165) is 16.7 Å². The number of Topliss-reactive ketones (excluding diaryl/α,β-unsaturated/α-hetero) is 2. The number of aliphatic hydroxyl groups excluding tert-OH is 1. The van der Waals surface area contributed by atoms with Crippen molar-refractivity contribution >= 4 is 37.4 Å². The van der Waals surface area contributed by atoms with Crippen molar-refractivity contribution in [2.24, 2.45) is 11.8 Å². The Morgan fingerprint density at radius 2 is 1.55 bits per heavy atom. The molecule has 1 heterocycles. The number of carbonyl (C=O) groups is 3. The second-order valence-electron chi connectivity index (χ2n) is 22.8. The highest BCUT2D eigenvalue weighted by Gasteiger charge is 2.68. The van der Waals surface area contributed by atoms with E-state index in [4.69, 9.17) is 18.6 Å². The van der Waals surface area contributed by atoms with E-state index in [-0.39, 0.29) is 72.8 Å². The molecule has 368 valence electrons. The monoisotopic (exact) mass is 959 g/mol. The fraction of sp³-hybridized carbons (Fsp3) is 0.482. The molecular weight excluding hydrogens is 890 g/mol. The third-order valence-electron chi connectivity index (χ3n) is 15.2. The smallest absolute Gasteiger partial charge is 0.415 e. The van der Waals surface area contributed by atoms with Gasteiger partial charge in [0, 0.05) is 53.8 Å². The van der Waals surface area contributed by atoms with E-state index >= 15 is 14.0 Å². The second-order valence-corrected chi connectivity index (χ2v) is 27.5. The topological polar surface area (TPSA) is 118 Å². The Labute approximate surface area is 408 Å². The van der Waals surface area contributed by atoms with Gasteiger partial charge in [0.2, 0.25) is 11.6 Å². The van der Waals surface area contributed by atoms with Crippen molar-refractivity contribution in [3.8, 4) is 5.75 Å². The SMILES string of the molecule is C=CCN1Cc2c(F)c3c(c(OCc4ccccc4)c2N(C(=O)OC(C)(C)C)CC1(C)C)C(O)=C1C(=O)[C@]2(O[Si](C)(C)C(C)(C)C)C(=O)C4=C(CC=C4OCc4ccccc4)[C@@H](N(C)C)[C@@H]2C[C@@H]1C3. The largest absolute Gasteiger partial charge is 0.507 e. The number of fused-ring (bicyclic) bond motifs is 4. The van der Waals surface area contributed by atoms with Gasteiger partial charge in [-0.3, -0.25) is 19.4 Å². The van der Waals surface area contributed by atoms with Crippen LogP contribution < -0.4 is 9.64 Å². The minimum atomic E-state index is -3.01. The van der Waals surface area contributed by atoms with Crippen LogP contribution in [0.5, 0.6) is 5.75 Å². The number of rotatable bonds is 11. The van der Waals surface area contributed by atoms with Crippen LogP contribution in [0, 0.1) is 17.7 Å². The molecule has 13 heteroatoms. The van der Waals surface area contributed by atoms with Gasteiger partial charge in [0.25, 0.3) is 0 Å². The summed E-state index contributed by atoms with van der Waals surface area (Å²) in [6, 6.07) is 18.7. The Morgan fingerprint density at radius 3 is 2.12 bits per heavy atom. The zero-order valence-electron chi connectivity index (χ0n) is 42.5. The second kappa shape index (κ2) is 18.1. The fourth-order valence-electron chi connectivity index (χ4n) is 10.9. The maximum Gasteiger partial charge on any atom is 0.415 e. The number of ketones is 2. The predicted molar refractivity (Wildman–Crippen MR) is 270 cm³/mol. The maximum atomic E-state index is 18.3. The number of allylic oxidation sites excluding steroid dienone is 2. The van der Waals surface area contributed by atoms with Gasteiger partial charge in [0.15, 0.2) is 19.7 Å². The highest BCUT2D eigenvalue weighted by molar-refractivity contribution is 6.74. The van der Waals surface area contributed by atoms with Crippen LogP contribution >= 0.6 is 0 Å². The minimum Gasteiger partial charge on any atom is -0.507 e. The van der Waals surface area contributed by atoms with Gasteiger partial charge in [-0.1, -0.05) is 87.5 Å². The van der Waals surface area contributed by atoms with Crippen LogP contribution in [0.25, 0.3) is 5.76 Å². The first kappa shape index (κ1) is 50.1. The summed E-state index contributed by atoms with van der Waals surface area (Å²) in [5.41, 5.74) is -0.332. The number of aliphatic hydroxyl groups is 1. The summed E-state index contributed by atoms with van der Waals surface area (Å²) in [7, 11) is 0.891. The number of ether oxygens (including phenoxy) is 3. The lowest BCUT2D eigenvalue weighted by molar-refractivity contribution is -0.158. The quantitative estimate of drug-likeness (QED) is 0.113. The minimum absolute atomic E-state index is 0.00365. The number of halogens is 1. The molecule has 69 heavy (non-hydrogen) atoms. The molecular formula is C56H70FN3O8Si. The average molecular weight is 960 g/mol. The summed E-state index contributed by atoms with van der Waals surface area (Å²) < 4.78 is 45.0. The zero-order valence-corrected chi connectivity index (χ0v) is 43.5. The maximum absolute atomic E-state index is 18.3. The van der Waals surface area contributed by atoms with E-state index in [9.17, 15) is 9.90 Å². The Hall–Kier alpha value is -5.34. The van der Waals surface area contributed by atoms with Crippen molar-refractivity contribution in [3.63, 3.8) is 0 Å². The number of amides is 1. The van der Waals surface area contributed by atoms with E-state index < -0.39 is 77.2 Å². The highest BCUT2D eigenvalue weighted by atomic mass is 28.4. The van der Waals surface area contributed by atoms with Gasteiger partial charge in [-0.25, -0.2) is 9.18 Å². The third-order valence-corrected chi connectivity index (χ3v) is 19.6. The number of anilines is 1. The van der Waals surface area contributed by atoms with E-state index in [1.807, 2.05) is 108 Å². The lowest BCUT2D eigenvalue weighted by Crippen LogP contribution is -2.70. The van der Waals surface area contributed by atoms with E-state index in [1.165, 1.54) is 4.90 Å². The number of hydrogen-bond acceptors (Lipinski definition) is 10. The van der Waals surface area contributed by atoms with Gasteiger partial charge in [-0.15, -0.1) is 6.58 Å². The zero-order chi connectivity index (χ0) is 50.2. The molecule has 4 aliphatic carbocycles. The molecule has 3 aromatic rings. The molecule has 0 aromatic heterocycles. The number of carbonyl (C=O) groups excluding carboxylic acids is 3. The van der Waals surface area contributed by atoms with Crippen molar-refractivity contribution in [1.82, 2.24) is 9.80 Å². The molecule has 3 aromatic carbocycles. The van der Waals surface area contributed by atoms with Gasteiger partial charge in [-0.2, -0.15) is 0 Å². The summed E-state index contributed by atoms with van der Waals surface area (Å²) in [6.07, 6.45) is 3.67. The van der Waals surface area contributed by atoms with Crippen molar-refractivity contribution < 1.29 is 42.5 Å². The Kier molecular flexibility index (Phi) is 13.1. The lowest BCUT2D eigenvalue weighted by Gasteiger charge is -2.56. The number of likely N-dealkylation sites (N-methyl/N-ethyl adjacent to an activating group) is 1. The Bertz CT molecular complexity index is 2660. The van der Waals surface area contributed by atoms with Gasteiger partial charge in [0.05, 0.1) is 16.8 Å². The molecule has 1 amide bonds. The first-order valence-corrected chi connectivity index (χ1v) is 27.1. The van der Waals surface area contributed by atoms with E-state index in [2.05, 4.69) is 37.1 Å². The fourth-order valence-corrected chi connectivity index (χ4v) is 12.3. The molecule has 0 spiro atoms. The molecule has 0 unspecified atom stereocenters. The summed E-state index contributed by atoms with van der Waals surface area (Å²) in [5.74, 6) is -3.15. The summed E-state index contributed by atoms with van der Waals surface area (Å²) in [6.45, 7) is 24.3. The van der Waals surface area contributed by atoms with Crippen LogP contribution in [0.15, 0.2) is 102 Å². The molecule has 0 bridgehead atoms. The molecule has 1 saturated carbocycles. The molecule has 0 saturated heterocycles. The van der Waals surface area contributed by atoms with Crippen molar-refractivity contribution in [3.05, 3.63) is 136 Å².